The van der Waals surface area contributed by atoms with Crippen molar-refractivity contribution in [3.8, 4) is 0 Å². The van der Waals surface area contributed by atoms with Gasteiger partial charge in [-0.1, -0.05) is 70.4 Å². The molecule has 1 rings (SSSR count). The topological polar surface area (TPSA) is 44.8 Å². The largest absolute Gasteiger partial charge is 0.466 e. The van der Waals surface area contributed by atoms with Gasteiger partial charge >= 0.3 is 5.97 Å². The summed E-state index contributed by atoms with van der Waals surface area (Å²) in [6.45, 7) is 4.29. The third-order valence-electron chi connectivity index (χ3n) is 5.89. The second kappa shape index (κ2) is 22.3. The quantitative estimate of drug-likeness (QED) is 0.104. The van der Waals surface area contributed by atoms with Crippen molar-refractivity contribution in [3.63, 3.8) is 0 Å². The molecule has 0 aliphatic carbocycles. The molecule has 1 aliphatic rings. The van der Waals surface area contributed by atoms with Crippen LogP contribution in [0.2, 0.25) is 0 Å². The molecule has 0 aromatic rings. The van der Waals surface area contributed by atoms with E-state index in [-0.39, 0.29) is 12.3 Å². The van der Waals surface area contributed by atoms with Crippen LogP contribution in [0.15, 0.2) is 12.2 Å². The molecule has 4 nitrogen and oxygen atoms in total. The highest BCUT2D eigenvalue weighted by Crippen LogP contribution is 2.14. The van der Waals surface area contributed by atoms with E-state index in [0.717, 1.165) is 45.1 Å². The van der Waals surface area contributed by atoms with Crippen LogP contribution in [0, 0.1) is 0 Å². The molecule has 0 N–H and O–H groups in total. The van der Waals surface area contributed by atoms with Crippen molar-refractivity contribution >= 4 is 5.97 Å². The van der Waals surface area contributed by atoms with Gasteiger partial charge in [0.15, 0.2) is 6.29 Å². The predicted molar refractivity (Wildman–Crippen MR) is 129 cm³/mol. The van der Waals surface area contributed by atoms with Crippen LogP contribution >= 0.6 is 0 Å². The Morgan fingerprint density at radius 1 is 0.806 bits per heavy atom. The third-order valence-corrected chi connectivity index (χ3v) is 5.89. The second-order valence-corrected chi connectivity index (χ2v) is 8.93. The highest BCUT2D eigenvalue weighted by atomic mass is 16.7. The molecule has 0 amide bonds. The molecular weight excluding hydrogens is 388 g/mol. The second-order valence-electron chi connectivity index (χ2n) is 8.93. The van der Waals surface area contributed by atoms with Gasteiger partial charge in [-0.15, -0.1) is 0 Å². The van der Waals surface area contributed by atoms with Gasteiger partial charge in [-0.25, -0.2) is 0 Å². The maximum Gasteiger partial charge on any atom is 0.305 e. The fourth-order valence-electron chi connectivity index (χ4n) is 3.86. The molecule has 0 aromatic heterocycles. The monoisotopic (exact) mass is 438 g/mol. The van der Waals surface area contributed by atoms with Gasteiger partial charge in [0.05, 0.1) is 6.61 Å². The van der Waals surface area contributed by atoms with E-state index in [0.29, 0.717) is 19.6 Å². The van der Waals surface area contributed by atoms with E-state index in [1.54, 1.807) is 0 Å². The van der Waals surface area contributed by atoms with Crippen LogP contribution in [0.1, 0.15) is 129 Å². The van der Waals surface area contributed by atoms with Gasteiger partial charge in [0.1, 0.15) is 0 Å². The van der Waals surface area contributed by atoms with Crippen LogP contribution in [-0.2, 0) is 19.0 Å². The zero-order chi connectivity index (χ0) is 22.2. The zero-order valence-electron chi connectivity index (χ0n) is 20.4. The maximum atomic E-state index is 11.8. The van der Waals surface area contributed by atoms with Crippen molar-refractivity contribution in [1.29, 1.82) is 0 Å². The van der Waals surface area contributed by atoms with Crippen molar-refractivity contribution < 1.29 is 19.0 Å². The Kier molecular flexibility index (Phi) is 20.3. The third kappa shape index (κ3) is 19.5. The van der Waals surface area contributed by atoms with Crippen LogP contribution in [0.4, 0.5) is 0 Å². The lowest BCUT2D eigenvalue weighted by Gasteiger charge is -2.22. The van der Waals surface area contributed by atoms with E-state index < -0.39 is 0 Å². The standard InChI is InChI=1S/C27H50O4/c1-2-3-4-5-6-7-8-9-10-11-12-13-14-15-16-21-26(28)29-23-19-20-25-31-27-22-17-18-24-30-27/h9-10,27H,2-8,11-25H2,1H3. The van der Waals surface area contributed by atoms with E-state index in [4.69, 9.17) is 14.2 Å². The first kappa shape index (κ1) is 28.2. The van der Waals surface area contributed by atoms with E-state index in [1.807, 2.05) is 0 Å². The minimum absolute atomic E-state index is 0.0163. The average Bonchev–Trinajstić information content (AvgIpc) is 2.79. The molecule has 0 bridgehead atoms. The van der Waals surface area contributed by atoms with Gasteiger partial charge in [0.2, 0.25) is 0 Å². The molecule has 0 spiro atoms. The van der Waals surface area contributed by atoms with Gasteiger partial charge in [-0.3, -0.25) is 4.79 Å². The summed E-state index contributed by atoms with van der Waals surface area (Å²) >= 11 is 0. The van der Waals surface area contributed by atoms with Gasteiger partial charge < -0.3 is 14.2 Å². The predicted octanol–water partition coefficient (Wildman–Crippen LogP) is 7.89. The number of carbonyl (C=O) groups excluding carboxylic acids is 1. The van der Waals surface area contributed by atoms with Crippen molar-refractivity contribution in [2.24, 2.45) is 0 Å². The van der Waals surface area contributed by atoms with E-state index in [9.17, 15) is 4.79 Å². The lowest BCUT2D eigenvalue weighted by atomic mass is 10.1. The molecule has 1 atom stereocenters. The van der Waals surface area contributed by atoms with Crippen molar-refractivity contribution in [2.45, 2.75) is 135 Å². The van der Waals surface area contributed by atoms with Gasteiger partial charge in [-0.05, 0) is 64.2 Å². The number of esters is 1. The Labute approximate surface area is 192 Å². The molecular formula is C27H50O4. The van der Waals surface area contributed by atoms with Gasteiger partial charge in [-0.2, -0.15) is 0 Å². The molecule has 0 saturated carbocycles. The van der Waals surface area contributed by atoms with E-state index >= 15 is 0 Å². The van der Waals surface area contributed by atoms with E-state index in [1.165, 1.54) is 77.0 Å². The first-order chi connectivity index (χ1) is 15.3. The summed E-state index contributed by atoms with van der Waals surface area (Å²) < 4.78 is 16.5. The summed E-state index contributed by atoms with van der Waals surface area (Å²) in [6, 6.07) is 0. The molecule has 1 saturated heterocycles. The van der Waals surface area contributed by atoms with Crippen LogP contribution < -0.4 is 0 Å². The number of carbonyl (C=O) groups is 1. The SMILES string of the molecule is CCCCCCCCC=CCCCCCCCC(=O)OCCCCOC1CCCCO1. The summed E-state index contributed by atoms with van der Waals surface area (Å²) in [6.07, 6.45) is 26.9. The van der Waals surface area contributed by atoms with E-state index in [2.05, 4.69) is 19.1 Å². The Morgan fingerprint density at radius 2 is 1.45 bits per heavy atom. The Bertz CT molecular complexity index is 415. The summed E-state index contributed by atoms with van der Waals surface area (Å²) in [5.74, 6) is -0.0471. The lowest BCUT2D eigenvalue weighted by Crippen LogP contribution is -2.22. The average molecular weight is 439 g/mol. The molecule has 31 heavy (non-hydrogen) atoms. The fourth-order valence-corrected chi connectivity index (χ4v) is 3.86. The molecule has 1 heterocycles. The Hall–Kier alpha value is -0.870. The van der Waals surface area contributed by atoms with Gasteiger partial charge in [0, 0.05) is 19.6 Å². The minimum Gasteiger partial charge on any atom is -0.466 e. The molecule has 4 heteroatoms. The molecule has 182 valence electrons. The highest BCUT2D eigenvalue weighted by Gasteiger charge is 2.13. The number of unbranched alkanes of at least 4 members (excludes halogenated alkanes) is 12. The number of allylic oxidation sites excluding steroid dienone is 2. The smallest absolute Gasteiger partial charge is 0.305 e. The highest BCUT2D eigenvalue weighted by molar-refractivity contribution is 5.69. The van der Waals surface area contributed by atoms with Crippen molar-refractivity contribution in [3.05, 3.63) is 12.2 Å². The summed E-state index contributed by atoms with van der Waals surface area (Å²) in [5, 5.41) is 0. The number of rotatable bonds is 21. The normalized spacial score (nSPS) is 16.7. The summed E-state index contributed by atoms with van der Waals surface area (Å²) in [5.41, 5.74) is 0. The first-order valence-electron chi connectivity index (χ1n) is 13.4. The zero-order valence-corrected chi connectivity index (χ0v) is 20.4. The Morgan fingerprint density at radius 3 is 2.13 bits per heavy atom. The van der Waals surface area contributed by atoms with Crippen LogP contribution in [-0.4, -0.2) is 32.1 Å². The number of ether oxygens (including phenoxy) is 3. The van der Waals surface area contributed by atoms with Crippen LogP contribution in [0.25, 0.3) is 0 Å². The van der Waals surface area contributed by atoms with Crippen molar-refractivity contribution in [2.75, 3.05) is 19.8 Å². The molecule has 1 aliphatic heterocycles. The van der Waals surface area contributed by atoms with Crippen molar-refractivity contribution in [1.82, 2.24) is 0 Å². The maximum absolute atomic E-state index is 11.8. The van der Waals surface area contributed by atoms with Crippen LogP contribution in [0.3, 0.4) is 0 Å². The fraction of sp³-hybridized carbons (Fsp3) is 0.889. The molecule has 0 aromatic carbocycles. The summed E-state index contributed by atoms with van der Waals surface area (Å²) in [4.78, 5) is 11.8. The summed E-state index contributed by atoms with van der Waals surface area (Å²) in [7, 11) is 0. The minimum atomic E-state index is -0.0471. The number of hydrogen-bond acceptors (Lipinski definition) is 4. The van der Waals surface area contributed by atoms with Gasteiger partial charge in [0.25, 0.3) is 0 Å². The molecule has 1 unspecified atom stereocenters. The first-order valence-corrected chi connectivity index (χ1v) is 13.4. The molecule has 1 fully saturated rings. The number of hydrogen-bond donors (Lipinski definition) is 0. The lowest BCUT2D eigenvalue weighted by molar-refractivity contribution is -0.163. The Balaban J connectivity index is 1.74. The van der Waals surface area contributed by atoms with Crippen LogP contribution in [0.5, 0.6) is 0 Å². The molecule has 0 radical (unpaired) electrons.